The molecule has 2 aromatic rings. The van der Waals surface area contributed by atoms with E-state index in [1.807, 2.05) is 13.1 Å². The van der Waals surface area contributed by atoms with E-state index in [2.05, 4.69) is 20.4 Å². The van der Waals surface area contributed by atoms with Gasteiger partial charge in [-0.1, -0.05) is 0 Å². The SMILES string of the molecule is Cn1nc(-c2cnccn2)cc1CNC(=O)CC1CC1. The van der Waals surface area contributed by atoms with E-state index in [1.165, 1.54) is 12.8 Å². The maximum Gasteiger partial charge on any atom is 0.220 e. The molecule has 6 heteroatoms. The fourth-order valence-electron chi connectivity index (χ4n) is 2.07. The van der Waals surface area contributed by atoms with E-state index in [-0.39, 0.29) is 5.91 Å². The third-order valence-electron chi connectivity index (χ3n) is 3.44. The normalized spacial score (nSPS) is 14.2. The van der Waals surface area contributed by atoms with Gasteiger partial charge in [0.1, 0.15) is 11.4 Å². The van der Waals surface area contributed by atoms with Crippen LogP contribution >= 0.6 is 0 Å². The second-order valence-corrected chi connectivity index (χ2v) is 5.16. The van der Waals surface area contributed by atoms with Crippen molar-refractivity contribution >= 4 is 5.91 Å². The van der Waals surface area contributed by atoms with Crippen LogP contribution in [0, 0.1) is 5.92 Å². The van der Waals surface area contributed by atoms with Crippen LogP contribution < -0.4 is 5.32 Å². The first-order valence-electron chi connectivity index (χ1n) is 6.78. The van der Waals surface area contributed by atoms with Gasteiger partial charge in [-0.05, 0) is 24.8 Å². The van der Waals surface area contributed by atoms with E-state index in [0.717, 1.165) is 17.1 Å². The molecule has 0 saturated heterocycles. The highest BCUT2D eigenvalue weighted by atomic mass is 16.1. The summed E-state index contributed by atoms with van der Waals surface area (Å²) >= 11 is 0. The molecule has 0 aromatic carbocycles. The average molecular weight is 271 g/mol. The van der Waals surface area contributed by atoms with Crippen molar-refractivity contribution in [2.24, 2.45) is 13.0 Å². The van der Waals surface area contributed by atoms with Crippen LogP contribution in [0.2, 0.25) is 0 Å². The number of hydrogen-bond donors (Lipinski definition) is 1. The molecule has 0 aliphatic heterocycles. The van der Waals surface area contributed by atoms with Gasteiger partial charge in [-0.2, -0.15) is 5.10 Å². The molecule has 1 N–H and O–H groups in total. The van der Waals surface area contributed by atoms with Crippen LogP contribution in [-0.4, -0.2) is 25.7 Å². The molecule has 0 bridgehead atoms. The quantitative estimate of drug-likeness (QED) is 0.889. The summed E-state index contributed by atoms with van der Waals surface area (Å²) in [4.78, 5) is 19.9. The van der Waals surface area contributed by atoms with Gasteiger partial charge in [0.2, 0.25) is 5.91 Å². The number of aryl methyl sites for hydroxylation is 1. The van der Waals surface area contributed by atoms with Crippen molar-refractivity contribution in [3.05, 3.63) is 30.4 Å². The van der Waals surface area contributed by atoms with Gasteiger partial charge >= 0.3 is 0 Å². The molecule has 0 atom stereocenters. The summed E-state index contributed by atoms with van der Waals surface area (Å²) in [5.41, 5.74) is 2.46. The van der Waals surface area contributed by atoms with E-state index in [4.69, 9.17) is 0 Å². The van der Waals surface area contributed by atoms with Crippen molar-refractivity contribution in [3.63, 3.8) is 0 Å². The van der Waals surface area contributed by atoms with E-state index in [1.54, 1.807) is 23.3 Å². The van der Waals surface area contributed by atoms with Gasteiger partial charge in [0.05, 0.1) is 18.4 Å². The minimum absolute atomic E-state index is 0.120. The number of nitrogens with zero attached hydrogens (tertiary/aromatic N) is 4. The van der Waals surface area contributed by atoms with Crippen LogP contribution in [0.4, 0.5) is 0 Å². The van der Waals surface area contributed by atoms with Crippen LogP contribution in [0.5, 0.6) is 0 Å². The number of carbonyl (C=O) groups is 1. The first kappa shape index (κ1) is 12.8. The van der Waals surface area contributed by atoms with Crippen LogP contribution in [0.1, 0.15) is 25.0 Å². The van der Waals surface area contributed by atoms with E-state index >= 15 is 0 Å². The molecule has 1 fully saturated rings. The Morgan fingerprint density at radius 1 is 1.40 bits per heavy atom. The van der Waals surface area contributed by atoms with Crippen LogP contribution in [0.3, 0.4) is 0 Å². The lowest BCUT2D eigenvalue weighted by atomic mass is 10.2. The van der Waals surface area contributed by atoms with Gasteiger partial charge in [0.15, 0.2) is 0 Å². The fraction of sp³-hybridized carbons (Fsp3) is 0.429. The summed E-state index contributed by atoms with van der Waals surface area (Å²) in [5.74, 6) is 0.728. The lowest BCUT2D eigenvalue weighted by Crippen LogP contribution is -2.24. The predicted molar refractivity (Wildman–Crippen MR) is 73.4 cm³/mol. The maximum absolute atomic E-state index is 11.7. The summed E-state index contributed by atoms with van der Waals surface area (Å²) in [7, 11) is 1.86. The molecule has 0 radical (unpaired) electrons. The topological polar surface area (TPSA) is 72.7 Å². The number of hydrogen-bond acceptors (Lipinski definition) is 4. The molecule has 1 amide bonds. The Morgan fingerprint density at radius 3 is 2.95 bits per heavy atom. The van der Waals surface area contributed by atoms with Gasteiger partial charge in [-0.25, -0.2) is 0 Å². The van der Waals surface area contributed by atoms with Gasteiger partial charge in [-0.3, -0.25) is 19.4 Å². The summed E-state index contributed by atoms with van der Waals surface area (Å²) in [6.07, 6.45) is 7.98. The highest BCUT2D eigenvalue weighted by molar-refractivity contribution is 5.76. The van der Waals surface area contributed by atoms with Crippen molar-refractivity contribution in [3.8, 4) is 11.4 Å². The third kappa shape index (κ3) is 3.01. The molecule has 104 valence electrons. The third-order valence-corrected chi connectivity index (χ3v) is 3.44. The Hall–Kier alpha value is -2.24. The Bertz CT molecular complexity index is 603. The monoisotopic (exact) mass is 271 g/mol. The van der Waals surface area contributed by atoms with Crippen molar-refractivity contribution < 1.29 is 4.79 Å². The van der Waals surface area contributed by atoms with Crippen molar-refractivity contribution in [2.75, 3.05) is 0 Å². The van der Waals surface area contributed by atoms with Crippen LogP contribution in [0.15, 0.2) is 24.7 Å². The van der Waals surface area contributed by atoms with E-state index in [9.17, 15) is 4.79 Å². The smallest absolute Gasteiger partial charge is 0.220 e. The zero-order chi connectivity index (χ0) is 13.9. The second-order valence-electron chi connectivity index (χ2n) is 5.16. The maximum atomic E-state index is 11.7. The van der Waals surface area contributed by atoms with Crippen molar-refractivity contribution in [1.82, 2.24) is 25.1 Å². The Morgan fingerprint density at radius 2 is 2.25 bits per heavy atom. The Balaban J connectivity index is 1.64. The predicted octanol–water partition coefficient (Wildman–Crippen LogP) is 1.29. The number of carbonyl (C=O) groups excluding carboxylic acids is 1. The van der Waals surface area contributed by atoms with E-state index < -0.39 is 0 Å². The zero-order valence-corrected chi connectivity index (χ0v) is 11.4. The number of nitrogens with one attached hydrogen (secondary N) is 1. The summed E-state index contributed by atoms with van der Waals surface area (Å²) in [6.45, 7) is 0.495. The Labute approximate surface area is 117 Å². The summed E-state index contributed by atoms with van der Waals surface area (Å²) in [6, 6.07) is 1.93. The van der Waals surface area contributed by atoms with Crippen LogP contribution in [0.25, 0.3) is 11.4 Å². The average Bonchev–Trinajstić information content (AvgIpc) is 3.19. The molecule has 1 saturated carbocycles. The van der Waals surface area contributed by atoms with Crippen molar-refractivity contribution in [2.45, 2.75) is 25.8 Å². The van der Waals surface area contributed by atoms with Gasteiger partial charge in [0, 0.05) is 25.9 Å². The number of amides is 1. The standard InChI is InChI=1S/C14H17N5O/c1-19-11(8-17-14(20)6-10-2-3-10)7-12(18-19)13-9-15-4-5-16-13/h4-5,7,9-10H,2-3,6,8H2,1H3,(H,17,20). The van der Waals surface area contributed by atoms with Gasteiger partial charge in [-0.15, -0.1) is 0 Å². The second kappa shape index (κ2) is 5.40. The largest absolute Gasteiger partial charge is 0.350 e. The lowest BCUT2D eigenvalue weighted by Gasteiger charge is -2.04. The molecule has 1 aliphatic rings. The molecular weight excluding hydrogens is 254 g/mol. The number of aromatic nitrogens is 4. The van der Waals surface area contributed by atoms with Crippen LogP contribution in [-0.2, 0) is 18.4 Å². The highest BCUT2D eigenvalue weighted by Crippen LogP contribution is 2.32. The summed E-state index contributed by atoms with van der Waals surface area (Å²) < 4.78 is 1.77. The van der Waals surface area contributed by atoms with Gasteiger partial charge < -0.3 is 5.32 Å². The highest BCUT2D eigenvalue weighted by Gasteiger charge is 2.24. The number of rotatable bonds is 5. The molecule has 2 heterocycles. The van der Waals surface area contributed by atoms with Crippen molar-refractivity contribution in [1.29, 1.82) is 0 Å². The molecule has 3 rings (SSSR count). The molecular formula is C14H17N5O. The Kier molecular flexibility index (Phi) is 3.45. The minimum atomic E-state index is 0.120. The molecule has 1 aliphatic carbocycles. The lowest BCUT2D eigenvalue weighted by molar-refractivity contribution is -0.121. The first-order valence-corrected chi connectivity index (χ1v) is 6.78. The zero-order valence-electron chi connectivity index (χ0n) is 11.4. The molecule has 6 nitrogen and oxygen atoms in total. The molecule has 2 aromatic heterocycles. The fourth-order valence-corrected chi connectivity index (χ4v) is 2.07. The minimum Gasteiger partial charge on any atom is -0.350 e. The van der Waals surface area contributed by atoms with Gasteiger partial charge in [0.25, 0.3) is 0 Å². The summed E-state index contributed by atoms with van der Waals surface area (Å²) in [5, 5.41) is 7.34. The first-order chi connectivity index (χ1) is 9.72. The van der Waals surface area contributed by atoms with E-state index in [0.29, 0.717) is 18.9 Å². The molecule has 0 unspecified atom stereocenters. The molecule has 0 spiro atoms. The molecule has 20 heavy (non-hydrogen) atoms.